The molecule has 0 radical (unpaired) electrons. The van der Waals surface area contributed by atoms with E-state index in [1.807, 2.05) is 38.1 Å². The van der Waals surface area contributed by atoms with Crippen molar-refractivity contribution in [2.24, 2.45) is 0 Å². The van der Waals surface area contributed by atoms with Crippen LogP contribution in [-0.4, -0.2) is 45.9 Å². The van der Waals surface area contributed by atoms with Gasteiger partial charge >= 0.3 is 0 Å². The number of nitrogens with one attached hydrogen (secondary N) is 1. The molecule has 1 atom stereocenters. The van der Waals surface area contributed by atoms with E-state index in [1.165, 1.54) is 13.1 Å². The Morgan fingerprint density at radius 2 is 1.83 bits per heavy atom. The van der Waals surface area contributed by atoms with Crippen LogP contribution in [0.15, 0.2) is 47.4 Å². The van der Waals surface area contributed by atoms with Gasteiger partial charge < -0.3 is 14.8 Å². The zero-order valence-electron chi connectivity index (χ0n) is 17.4. The molecule has 0 aliphatic heterocycles. The number of amides is 1. The van der Waals surface area contributed by atoms with Crippen molar-refractivity contribution in [3.05, 3.63) is 53.6 Å². The second kappa shape index (κ2) is 9.76. The summed E-state index contributed by atoms with van der Waals surface area (Å²) in [5.74, 6) is 0.978. The van der Waals surface area contributed by atoms with Gasteiger partial charge in [0.15, 0.2) is 0 Å². The molecule has 0 fully saturated rings. The van der Waals surface area contributed by atoms with Crippen LogP contribution in [0.1, 0.15) is 31.0 Å². The zero-order chi connectivity index (χ0) is 21.6. The maximum absolute atomic E-state index is 12.8. The van der Waals surface area contributed by atoms with Gasteiger partial charge in [-0.1, -0.05) is 12.1 Å². The van der Waals surface area contributed by atoms with Crippen molar-refractivity contribution in [3.63, 3.8) is 0 Å². The molecule has 8 heteroatoms. The fourth-order valence-corrected chi connectivity index (χ4v) is 4.04. The minimum absolute atomic E-state index is 0.122. The summed E-state index contributed by atoms with van der Waals surface area (Å²) in [5.41, 5.74) is 1.62. The second-order valence-corrected chi connectivity index (χ2v) is 8.73. The van der Waals surface area contributed by atoms with Gasteiger partial charge in [-0.3, -0.25) is 4.79 Å². The van der Waals surface area contributed by atoms with Crippen LogP contribution < -0.4 is 14.8 Å². The molecule has 0 heterocycles. The molecule has 0 aromatic heterocycles. The minimum Gasteiger partial charge on any atom is -0.497 e. The molecule has 0 aliphatic carbocycles. The molecule has 0 aliphatic rings. The third-order valence-corrected chi connectivity index (χ3v) is 6.31. The molecule has 2 aromatic rings. The second-order valence-electron chi connectivity index (χ2n) is 6.68. The van der Waals surface area contributed by atoms with Gasteiger partial charge in [-0.25, -0.2) is 8.42 Å². The first-order chi connectivity index (χ1) is 13.7. The van der Waals surface area contributed by atoms with E-state index in [9.17, 15) is 13.2 Å². The smallest absolute Gasteiger partial charge is 0.243 e. The lowest BCUT2D eigenvalue weighted by molar-refractivity contribution is -0.121. The zero-order valence-corrected chi connectivity index (χ0v) is 18.2. The highest BCUT2D eigenvalue weighted by Crippen LogP contribution is 2.23. The van der Waals surface area contributed by atoms with Crippen molar-refractivity contribution in [2.45, 2.75) is 31.7 Å². The summed E-state index contributed by atoms with van der Waals surface area (Å²) >= 11 is 0. The van der Waals surface area contributed by atoms with Crippen LogP contribution in [0.25, 0.3) is 0 Å². The lowest BCUT2D eigenvalue weighted by Gasteiger charge is -2.20. The summed E-state index contributed by atoms with van der Waals surface area (Å²) in [4.78, 5) is 12.5. The highest BCUT2D eigenvalue weighted by atomic mass is 32.2. The number of methoxy groups -OCH3 is 1. The quantitative estimate of drug-likeness (QED) is 0.674. The lowest BCUT2D eigenvalue weighted by atomic mass is 10.1. The Labute approximate surface area is 172 Å². The Bertz CT molecular complexity index is 942. The Hall–Kier alpha value is -2.58. The van der Waals surface area contributed by atoms with Crippen LogP contribution in [-0.2, 0) is 14.8 Å². The SMILES string of the molecule is CCOc1ccc(S(=O)(=O)N(C)CC(=O)N[C@H](C)c2ccc(OC)cc2)cc1C. The van der Waals surface area contributed by atoms with Gasteiger partial charge in [0.1, 0.15) is 11.5 Å². The monoisotopic (exact) mass is 420 g/mol. The molecule has 2 aromatic carbocycles. The summed E-state index contributed by atoms with van der Waals surface area (Å²) in [6.45, 7) is 5.70. The predicted molar refractivity (Wildman–Crippen MR) is 112 cm³/mol. The molecule has 0 spiro atoms. The number of benzene rings is 2. The van der Waals surface area contributed by atoms with Gasteiger partial charge in [0.05, 0.1) is 31.2 Å². The lowest BCUT2D eigenvalue weighted by Crippen LogP contribution is -2.39. The molecule has 2 rings (SSSR count). The van der Waals surface area contributed by atoms with Gasteiger partial charge in [0.2, 0.25) is 15.9 Å². The number of carbonyl (C=O) groups is 1. The number of sulfonamides is 1. The number of hydrogen-bond donors (Lipinski definition) is 1. The van der Waals surface area contributed by atoms with E-state index in [0.29, 0.717) is 12.4 Å². The molecular weight excluding hydrogens is 392 g/mol. The van der Waals surface area contributed by atoms with Crippen molar-refractivity contribution in [1.82, 2.24) is 9.62 Å². The van der Waals surface area contributed by atoms with Crippen LogP contribution in [0.4, 0.5) is 0 Å². The molecule has 29 heavy (non-hydrogen) atoms. The number of nitrogens with zero attached hydrogens (tertiary/aromatic N) is 1. The third kappa shape index (κ3) is 5.71. The van der Waals surface area contributed by atoms with Gasteiger partial charge in [-0.05, 0) is 62.2 Å². The Morgan fingerprint density at radius 1 is 1.17 bits per heavy atom. The van der Waals surface area contributed by atoms with E-state index in [4.69, 9.17) is 9.47 Å². The number of aryl methyl sites for hydroxylation is 1. The summed E-state index contributed by atoms with van der Waals surface area (Å²) in [6, 6.07) is 11.7. The number of ether oxygens (including phenoxy) is 2. The fraction of sp³-hybridized carbons (Fsp3) is 0.381. The van der Waals surface area contributed by atoms with E-state index in [-0.39, 0.29) is 23.4 Å². The topological polar surface area (TPSA) is 84.9 Å². The number of hydrogen-bond acceptors (Lipinski definition) is 5. The van der Waals surface area contributed by atoms with E-state index >= 15 is 0 Å². The number of rotatable bonds is 9. The minimum atomic E-state index is -3.80. The summed E-state index contributed by atoms with van der Waals surface area (Å²) in [7, 11) is -0.824. The Kier molecular flexibility index (Phi) is 7.64. The maximum Gasteiger partial charge on any atom is 0.243 e. The van der Waals surface area contributed by atoms with Gasteiger partial charge in [0.25, 0.3) is 0 Å². The Balaban J connectivity index is 2.04. The van der Waals surface area contributed by atoms with E-state index in [2.05, 4.69) is 5.32 Å². The third-order valence-electron chi connectivity index (χ3n) is 4.51. The first-order valence-electron chi connectivity index (χ1n) is 9.32. The normalized spacial score (nSPS) is 12.5. The Morgan fingerprint density at radius 3 is 2.38 bits per heavy atom. The van der Waals surface area contributed by atoms with Crippen molar-refractivity contribution in [1.29, 1.82) is 0 Å². The summed E-state index contributed by atoms with van der Waals surface area (Å²) < 4.78 is 37.2. The van der Waals surface area contributed by atoms with Gasteiger partial charge in [-0.2, -0.15) is 4.31 Å². The van der Waals surface area contributed by atoms with Crippen molar-refractivity contribution >= 4 is 15.9 Å². The molecule has 158 valence electrons. The van der Waals surface area contributed by atoms with Crippen molar-refractivity contribution in [3.8, 4) is 11.5 Å². The summed E-state index contributed by atoms with van der Waals surface area (Å²) in [5, 5.41) is 2.82. The summed E-state index contributed by atoms with van der Waals surface area (Å²) in [6.07, 6.45) is 0. The molecule has 0 bridgehead atoms. The fourth-order valence-electron chi connectivity index (χ4n) is 2.83. The first-order valence-corrected chi connectivity index (χ1v) is 10.8. The van der Waals surface area contributed by atoms with Crippen LogP contribution >= 0.6 is 0 Å². The molecule has 1 N–H and O–H groups in total. The largest absolute Gasteiger partial charge is 0.497 e. The van der Waals surface area contributed by atoms with Crippen molar-refractivity contribution < 1.29 is 22.7 Å². The van der Waals surface area contributed by atoms with E-state index < -0.39 is 10.0 Å². The molecule has 7 nitrogen and oxygen atoms in total. The predicted octanol–water partition coefficient (Wildman–Crippen LogP) is 2.90. The first kappa shape index (κ1) is 22.7. The van der Waals surface area contributed by atoms with Crippen LogP contribution in [0.3, 0.4) is 0 Å². The average molecular weight is 421 g/mol. The molecule has 0 unspecified atom stereocenters. The molecule has 0 saturated heterocycles. The highest BCUT2D eigenvalue weighted by Gasteiger charge is 2.24. The van der Waals surface area contributed by atoms with Crippen LogP contribution in [0.2, 0.25) is 0 Å². The van der Waals surface area contributed by atoms with Crippen LogP contribution in [0, 0.1) is 6.92 Å². The van der Waals surface area contributed by atoms with Gasteiger partial charge in [0, 0.05) is 7.05 Å². The van der Waals surface area contributed by atoms with E-state index in [0.717, 1.165) is 21.2 Å². The van der Waals surface area contributed by atoms with Crippen LogP contribution in [0.5, 0.6) is 11.5 Å². The van der Waals surface area contributed by atoms with Crippen molar-refractivity contribution in [2.75, 3.05) is 27.3 Å². The molecular formula is C21H28N2O5S. The van der Waals surface area contributed by atoms with E-state index in [1.54, 1.807) is 26.2 Å². The highest BCUT2D eigenvalue weighted by molar-refractivity contribution is 7.89. The number of carbonyl (C=O) groups excluding carboxylic acids is 1. The van der Waals surface area contributed by atoms with Gasteiger partial charge in [-0.15, -0.1) is 0 Å². The average Bonchev–Trinajstić information content (AvgIpc) is 2.69. The molecule has 0 saturated carbocycles. The maximum atomic E-state index is 12.8. The number of likely N-dealkylation sites (N-methyl/N-ethyl adjacent to an activating group) is 1. The molecule has 1 amide bonds. The standard InChI is InChI=1S/C21H28N2O5S/c1-6-28-20-12-11-19(13-15(20)2)29(25,26)23(4)14-21(24)22-16(3)17-7-9-18(27-5)10-8-17/h7-13,16H,6,14H2,1-5H3,(H,22,24)/t16-/m1/s1.